The van der Waals surface area contributed by atoms with E-state index in [0.29, 0.717) is 11.5 Å². The molecule has 6 nitrogen and oxygen atoms in total. The fourth-order valence-electron chi connectivity index (χ4n) is 1.68. The number of hydrogen-bond acceptors (Lipinski definition) is 5. The molecule has 6 heteroatoms. The number of aromatic nitrogens is 2. The van der Waals surface area contributed by atoms with Gasteiger partial charge in [-0.2, -0.15) is 0 Å². The Bertz CT molecular complexity index is 532. The summed E-state index contributed by atoms with van der Waals surface area (Å²) in [7, 11) is 0. The standard InChI is InChI=1S/C12H14N2O4/c1-6-9(14-7(2)13-6)5-8-10(15)17-12(3,4)18-11(8)16/h5H,1-4H3,(H,13,14). The molecule has 1 fully saturated rings. The number of hydrogen-bond donors (Lipinski definition) is 1. The summed E-state index contributed by atoms with van der Waals surface area (Å²) in [6, 6.07) is 0. The number of rotatable bonds is 1. The normalized spacial score (nSPS) is 18.3. The smallest absolute Gasteiger partial charge is 0.348 e. The molecule has 1 N–H and O–H groups in total. The second-order valence-electron chi connectivity index (χ2n) is 4.57. The van der Waals surface area contributed by atoms with Gasteiger partial charge in [0.1, 0.15) is 11.4 Å². The second-order valence-corrected chi connectivity index (χ2v) is 4.57. The van der Waals surface area contributed by atoms with Gasteiger partial charge in [-0.3, -0.25) is 0 Å². The summed E-state index contributed by atoms with van der Waals surface area (Å²) in [5, 5.41) is 0. The summed E-state index contributed by atoms with van der Waals surface area (Å²) in [6.45, 7) is 6.60. The Kier molecular flexibility index (Phi) is 2.73. The van der Waals surface area contributed by atoms with Gasteiger partial charge in [-0.1, -0.05) is 0 Å². The van der Waals surface area contributed by atoms with Crippen LogP contribution in [0.5, 0.6) is 0 Å². The van der Waals surface area contributed by atoms with Crippen LogP contribution in [0.25, 0.3) is 6.08 Å². The zero-order chi connectivity index (χ0) is 13.5. The van der Waals surface area contributed by atoms with E-state index in [1.807, 2.05) is 0 Å². The van der Waals surface area contributed by atoms with Crippen molar-refractivity contribution >= 4 is 18.0 Å². The van der Waals surface area contributed by atoms with E-state index in [1.165, 1.54) is 19.9 Å². The van der Waals surface area contributed by atoms with E-state index in [-0.39, 0.29) is 5.57 Å². The molecule has 2 heterocycles. The lowest BCUT2D eigenvalue weighted by molar-refractivity contribution is -0.222. The number of nitrogens with zero attached hydrogens (tertiary/aromatic N) is 1. The summed E-state index contributed by atoms with van der Waals surface area (Å²) in [5.74, 6) is -1.91. The summed E-state index contributed by atoms with van der Waals surface area (Å²) in [4.78, 5) is 30.6. The lowest BCUT2D eigenvalue weighted by atomic mass is 10.1. The van der Waals surface area contributed by atoms with E-state index in [9.17, 15) is 9.59 Å². The van der Waals surface area contributed by atoms with Crippen molar-refractivity contribution in [3.8, 4) is 0 Å². The van der Waals surface area contributed by atoms with Gasteiger partial charge >= 0.3 is 11.9 Å². The van der Waals surface area contributed by atoms with E-state index in [4.69, 9.17) is 9.47 Å². The van der Waals surface area contributed by atoms with E-state index >= 15 is 0 Å². The van der Waals surface area contributed by atoms with E-state index in [2.05, 4.69) is 9.97 Å². The number of carbonyl (C=O) groups is 2. The Labute approximate surface area is 104 Å². The topological polar surface area (TPSA) is 81.3 Å². The van der Waals surface area contributed by atoms with Crippen molar-refractivity contribution in [1.29, 1.82) is 0 Å². The van der Waals surface area contributed by atoms with Crippen LogP contribution in [-0.2, 0) is 19.1 Å². The Morgan fingerprint density at radius 3 is 2.17 bits per heavy atom. The van der Waals surface area contributed by atoms with Crippen molar-refractivity contribution < 1.29 is 19.1 Å². The van der Waals surface area contributed by atoms with Gasteiger partial charge in [0.25, 0.3) is 5.79 Å². The molecule has 0 bridgehead atoms. The molecule has 1 saturated heterocycles. The van der Waals surface area contributed by atoms with Gasteiger partial charge in [0.15, 0.2) is 0 Å². The predicted molar refractivity (Wildman–Crippen MR) is 62.3 cm³/mol. The highest BCUT2D eigenvalue weighted by Crippen LogP contribution is 2.24. The number of nitrogens with one attached hydrogen (secondary N) is 1. The molecule has 1 aliphatic rings. The van der Waals surface area contributed by atoms with Gasteiger partial charge in [-0.25, -0.2) is 14.6 Å². The van der Waals surface area contributed by atoms with Crippen LogP contribution in [0.4, 0.5) is 0 Å². The number of carbonyl (C=O) groups excluding carboxylic acids is 2. The molecule has 0 atom stereocenters. The predicted octanol–water partition coefficient (Wildman–Crippen LogP) is 1.25. The minimum Gasteiger partial charge on any atom is -0.419 e. The molecule has 2 rings (SSSR count). The maximum Gasteiger partial charge on any atom is 0.348 e. The van der Waals surface area contributed by atoms with E-state index < -0.39 is 17.7 Å². The Hall–Kier alpha value is -2.11. The van der Waals surface area contributed by atoms with Crippen LogP contribution in [-0.4, -0.2) is 27.7 Å². The number of ether oxygens (including phenoxy) is 2. The molecule has 18 heavy (non-hydrogen) atoms. The molecule has 0 unspecified atom stereocenters. The molecule has 1 aliphatic heterocycles. The van der Waals surface area contributed by atoms with Gasteiger partial charge in [0.2, 0.25) is 0 Å². The fourth-order valence-corrected chi connectivity index (χ4v) is 1.68. The summed E-state index contributed by atoms with van der Waals surface area (Å²) in [5.41, 5.74) is 1.14. The van der Waals surface area contributed by atoms with Gasteiger partial charge in [-0.15, -0.1) is 0 Å². The third-order valence-corrected chi connectivity index (χ3v) is 2.44. The first kappa shape index (κ1) is 12.3. The minimum absolute atomic E-state index is 0.149. The maximum absolute atomic E-state index is 11.7. The van der Waals surface area contributed by atoms with E-state index in [0.717, 1.165) is 5.69 Å². The van der Waals surface area contributed by atoms with Crippen LogP contribution in [0, 0.1) is 13.8 Å². The molecule has 0 aliphatic carbocycles. The highest BCUT2D eigenvalue weighted by Gasteiger charge is 2.39. The molecule has 0 radical (unpaired) electrons. The molecule has 0 aromatic carbocycles. The third-order valence-electron chi connectivity index (χ3n) is 2.44. The van der Waals surface area contributed by atoms with Crippen LogP contribution < -0.4 is 0 Å². The van der Waals surface area contributed by atoms with Crippen molar-refractivity contribution in [1.82, 2.24) is 9.97 Å². The van der Waals surface area contributed by atoms with Crippen molar-refractivity contribution in [3.63, 3.8) is 0 Å². The summed E-state index contributed by atoms with van der Waals surface area (Å²) < 4.78 is 9.97. The molecule has 1 aromatic rings. The number of cyclic esters (lactones) is 2. The first-order chi connectivity index (χ1) is 8.28. The lowest BCUT2D eigenvalue weighted by Crippen LogP contribution is -2.41. The third kappa shape index (κ3) is 2.27. The SMILES string of the molecule is Cc1nc(C=C2C(=O)OC(C)(C)OC2=O)c(C)[nH]1. The van der Waals surface area contributed by atoms with Gasteiger partial charge < -0.3 is 14.5 Å². The van der Waals surface area contributed by atoms with Crippen LogP contribution in [0.2, 0.25) is 0 Å². The number of aromatic amines is 1. The average molecular weight is 250 g/mol. The molecular weight excluding hydrogens is 236 g/mol. The van der Waals surface area contributed by atoms with Crippen molar-refractivity contribution in [2.24, 2.45) is 0 Å². The highest BCUT2D eigenvalue weighted by atomic mass is 16.7. The second kappa shape index (κ2) is 3.97. The van der Waals surface area contributed by atoms with Crippen LogP contribution in [0.3, 0.4) is 0 Å². The minimum atomic E-state index is -1.22. The van der Waals surface area contributed by atoms with Gasteiger partial charge in [-0.05, 0) is 19.9 Å². The fraction of sp³-hybridized carbons (Fsp3) is 0.417. The van der Waals surface area contributed by atoms with Gasteiger partial charge in [0.05, 0.1) is 5.69 Å². The molecule has 0 amide bonds. The number of imidazole rings is 1. The lowest BCUT2D eigenvalue weighted by Gasteiger charge is -2.29. The quantitative estimate of drug-likeness (QED) is 0.461. The average Bonchev–Trinajstić information content (AvgIpc) is 2.49. The van der Waals surface area contributed by atoms with E-state index in [1.54, 1.807) is 13.8 Å². The highest BCUT2D eigenvalue weighted by molar-refractivity contribution is 6.18. The molecular formula is C12H14N2O4. The zero-order valence-electron chi connectivity index (χ0n) is 10.7. The number of esters is 2. The number of H-pyrrole nitrogens is 1. The van der Waals surface area contributed by atoms with Crippen molar-refractivity contribution in [3.05, 3.63) is 22.8 Å². The first-order valence-corrected chi connectivity index (χ1v) is 5.50. The zero-order valence-corrected chi connectivity index (χ0v) is 10.7. The Balaban J connectivity index is 2.36. The summed E-state index contributed by atoms with van der Waals surface area (Å²) in [6.07, 6.45) is 1.37. The number of aryl methyl sites for hydroxylation is 2. The molecule has 0 saturated carbocycles. The Morgan fingerprint density at radius 2 is 1.72 bits per heavy atom. The molecule has 1 aromatic heterocycles. The van der Waals surface area contributed by atoms with Crippen LogP contribution in [0.15, 0.2) is 5.57 Å². The first-order valence-electron chi connectivity index (χ1n) is 5.50. The monoisotopic (exact) mass is 250 g/mol. The van der Waals surface area contributed by atoms with Gasteiger partial charge in [0, 0.05) is 19.5 Å². The van der Waals surface area contributed by atoms with Crippen LogP contribution in [0.1, 0.15) is 31.1 Å². The molecule has 96 valence electrons. The van der Waals surface area contributed by atoms with Crippen LogP contribution >= 0.6 is 0 Å². The Morgan fingerprint density at radius 1 is 1.17 bits per heavy atom. The molecule has 0 spiro atoms. The van der Waals surface area contributed by atoms with Crippen molar-refractivity contribution in [2.75, 3.05) is 0 Å². The van der Waals surface area contributed by atoms with Crippen molar-refractivity contribution in [2.45, 2.75) is 33.5 Å². The largest absolute Gasteiger partial charge is 0.419 e. The maximum atomic E-state index is 11.7. The summed E-state index contributed by atoms with van der Waals surface area (Å²) >= 11 is 0.